The van der Waals surface area contributed by atoms with Crippen molar-refractivity contribution in [3.63, 3.8) is 0 Å². The summed E-state index contributed by atoms with van der Waals surface area (Å²) in [4.78, 5) is 53.7. The van der Waals surface area contributed by atoms with Crippen LogP contribution in [0.1, 0.15) is 59.3 Å². The molecule has 44 heavy (non-hydrogen) atoms. The Bertz CT molecular complexity index is 1280. The van der Waals surface area contributed by atoms with Gasteiger partial charge in [0, 0.05) is 35.6 Å². The number of rotatable bonds is 12. The summed E-state index contributed by atoms with van der Waals surface area (Å²) >= 11 is 6.14. The summed E-state index contributed by atoms with van der Waals surface area (Å²) < 4.78 is 50.1. The maximum Gasteiger partial charge on any atom is 0.366 e. The number of hydrogen-bond donors (Lipinski definition) is 3. The topological polar surface area (TPSA) is 117 Å². The van der Waals surface area contributed by atoms with Gasteiger partial charge in [-0.3, -0.25) is 14.4 Å². The standard InChI is InChI=1S/C31H40ClF3N4O5/c1-4-44-30(43)24(33)15-21(13-18-10-11-36-27(18)40)38-28(41)26-23-9-8-22(16-31(23,34)35)39(26)29(42)25(12-17(2)3)37-20-7-5-6-19(32)14-20/h5-7,14-15,17-18,21-23,25-26,37H,4,8-13,16H2,1-3H3,(H,36,40)(H,38,41)/b24-15-/t18-,21+,22+,23+,25-,26-/m0/s1. The Labute approximate surface area is 260 Å². The molecule has 1 saturated carbocycles. The van der Waals surface area contributed by atoms with Crippen molar-refractivity contribution in [2.45, 2.75) is 89.4 Å². The number of esters is 1. The molecule has 13 heteroatoms. The van der Waals surface area contributed by atoms with Crippen LogP contribution in [0.25, 0.3) is 0 Å². The van der Waals surface area contributed by atoms with E-state index in [1.165, 1.54) is 11.8 Å². The van der Waals surface area contributed by atoms with Gasteiger partial charge in [0.1, 0.15) is 12.1 Å². The zero-order valence-electron chi connectivity index (χ0n) is 25.1. The maximum absolute atomic E-state index is 15.3. The van der Waals surface area contributed by atoms with Gasteiger partial charge >= 0.3 is 5.97 Å². The summed E-state index contributed by atoms with van der Waals surface area (Å²) in [6.45, 7) is 5.67. The summed E-state index contributed by atoms with van der Waals surface area (Å²) in [5.41, 5.74) is 0.569. The highest BCUT2D eigenvalue weighted by molar-refractivity contribution is 6.30. The molecule has 3 N–H and O–H groups in total. The summed E-state index contributed by atoms with van der Waals surface area (Å²) in [5.74, 6) is -9.42. The molecule has 0 unspecified atom stereocenters. The number of alkyl halides is 2. The van der Waals surface area contributed by atoms with Crippen LogP contribution in [0, 0.1) is 17.8 Å². The Morgan fingerprint density at radius 3 is 2.59 bits per heavy atom. The van der Waals surface area contributed by atoms with Crippen molar-refractivity contribution in [3.8, 4) is 0 Å². The van der Waals surface area contributed by atoms with Gasteiger partial charge in [-0.05, 0) is 69.2 Å². The predicted molar refractivity (Wildman–Crippen MR) is 159 cm³/mol. The molecule has 3 amide bonds. The molecule has 3 aliphatic heterocycles. The summed E-state index contributed by atoms with van der Waals surface area (Å²) in [5, 5.41) is 8.90. The molecule has 3 heterocycles. The summed E-state index contributed by atoms with van der Waals surface area (Å²) in [7, 11) is 0. The van der Waals surface area contributed by atoms with E-state index in [1.54, 1.807) is 24.3 Å². The van der Waals surface area contributed by atoms with Gasteiger partial charge in [-0.1, -0.05) is 31.5 Å². The highest BCUT2D eigenvalue weighted by Gasteiger charge is 2.61. The Hall–Kier alpha value is -3.28. The minimum atomic E-state index is -3.21. The lowest BCUT2D eigenvalue weighted by Crippen LogP contribution is -2.70. The van der Waals surface area contributed by atoms with Crippen molar-refractivity contribution in [2.24, 2.45) is 17.8 Å². The normalized spacial score (nSPS) is 25.8. The number of hydrogen-bond acceptors (Lipinski definition) is 6. The molecule has 1 aromatic rings. The largest absolute Gasteiger partial charge is 0.461 e. The van der Waals surface area contributed by atoms with Crippen LogP contribution in [-0.4, -0.2) is 71.8 Å². The van der Waals surface area contributed by atoms with E-state index in [0.29, 0.717) is 36.5 Å². The van der Waals surface area contributed by atoms with Crippen LogP contribution in [0.5, 0.6) is 0 Å². The number of carbonyl (C=O) groups is 4. The Morgan fingerprint density at radius 2 is 1.98 bits per heavy atom. The van der Waals surface area contributed by atoms with E-state index >= 15 is 8.78 Å². The smallest absolute Gasteiger partial charge is 0.366 e. The van der Waals surface area contributed by atoms with E-state index in [-0.39, 0.29) is 31.3 Å². The summed E-state index contributed by atoms with van der Waals surface area (Å²) in [6.07, 6.45) is 1.32. The third-order valence-electron chi connectivity index (χ3n) is 8.48. The molecular formula is C31H40ClF3N4O5. The molecule has 242 valence electrons. The van der Waals surface area contributed by atoms with E-state index in [0.717, 1.165) is 6.08 Å². The number of nitrogens with one attached hydrogen (secondary N) is 3. The lowest BCUT2D eigenvalue weighted by atomic mass is 9.71. The van der Waals surface area contributed by atoms with Crippen LogP contribution in [0.15, 0.2) is 36.2 Å². The predicted octanol–water partition coefficient (Wildman–Crippen LogP) is 4.61. The molecule has 0 spiro atoms. The van der Waals surface area contributed by atoms with Crippen LogP contribution in [0.4, 0.5) is 18.9 Å². The number of anilines is 1. The molecule has 5 rings (SSSR count). The number of fused-ring (bicyclic) bond motifs is 3. The van der Waals surface area contributed by atoms with Crippen molar-refractivity contribution in [1.29, 1.82) is 0 Å². The van der Waals surface area contributed by atoms with E-state index < -0.39 is 72.0 Å². The number of halogens is 4. The van der Waals surface area contributed by atoms with Gasteiger partial charge in [0.25, 0.3) is 5.92 Å². The molecule has 1 aliphatic carbocycles. The molecule has 3 saturated heterocycles. The third kappa shape index (κ3) is 7.86. The molecule has 1 aromatic carbocycles. The van der Waals surface area contributed by atoms with Crippen LogP contribution in [-0.2, 0) is 23.9 Å². The first-order valence-electron chi connectivity index (χ1n) is 15.1. The molecule has 0 aromatic heterocycles. The first kappa shape index (κ1) is 33.6. The fourth-order valence-electron chi connectivity index (χ4n) is 6.53. The Morgan fingerprint density at radius 1 is 1.23 bits per heavy atom. The van der Waals surface area contributed by atoms with E-state index in [1.807, 2.05) is 13.8 Å². The van der Waals surface area contributed by atoms with Crippen molar-refractivity contribution < 1.29 is 37.1 Å². The zero-order valence-corrected chi connectivity index (χ0v) is 25.8. The average Bonchev–Trinajstić information content (AvgIpc) is 3.35. The van der Waals surface area contributed by atoms with Crippen LogP contribution in [0.3, 0.4) is 0 Å². The van der Waals surface area contributed by atoms with Gasteiger partial charge in [0.2, 0.25) is 23.5 Å². The maximum atomic E-state index is 15.3. The highest BCUT2D eigenvalue weighted by atomic mass is 35.5. The lowest BCUT2D eigenvalue weighted by molar-refractivity contribution is -0.194. The van der Waals surface area contributed by atoms with Gasteiger partial charge in [-0.15, -0.1) is 0 Å². The van der Waals surface area contributed by atoms with E-state index in [9.17, 15) is 23.6 Å². The van der Waals surface area contributed by atoms with Gasteiger partial charge in [-0.2, -0.15) is 4.39 Å². The SMILES string of the molecule is CCOC(=O)/C(F)=C/[C@@H](C[C@@H]1CCNC1=O)NC(=O)[C@@H]1[C@H]2CC[C@H](CC2(F)F)N1C(=O)[C@H](CC(C)C)Nc1cccc(Cl)c1. The second-order valence-corrected chi connectivity index (χ2v) is 12.6. The minimum absolute atomic E-state index is 0.0266. The van der Waals surface area contributed by atoms with Crippen LogP contribution < -0.4 is 16.0 Å². The van der Waals surface area contributed by atoms with Gasteiger partial charge in [0.05, 0.1) is 18.6 Å². The Kier molecular flexibility index (Phi) is 10.9. The molecule has 0 radical (unpaired) electrons. The molecule has 4 aliphatic rings. The fourth-order valence-corrected chi connectivity index (χ4v) is 6.72. The van der Waals surface area contributed by atoms with Gasteiger partial charge in [-0.25, -0.2) is 13.6 Å². The second-order valence-electron chi connectivity index (χ2n) is 12.2. The van der Waals surface area contributed by atoms with Crippen molar-refractivity contribution >= 4 is 41.0 Å². The monoisotopic (exact) mass is 640 g/mol. The molecule has 2 bridgehead atoms. The van der Waals surface area contributed by atoms with E-state index in [4.69, 9.17) is 16.3 Å². The van der Waals surface area contributed by atoms with E-state index in [2.05, 4.69) is 16.0 Å². The second kappa shape index (κ2) is 14.2. The first-order valence-corrected chi connectivity index (χ1v) is 15.5. The summed E-state index contributed by atoms with van der Waals surface area (Å²) in [6, 6.07) is 2.33. The van der Waals surface area contributed by atoms with Gasteiger partial charge < -0.3 is 25.6 Å². The molecule has 4 fully saturated rings. The number of piperidine rings is 2. The number of ether oxygens (including phenoxy) is 1. The molecule has 9 nitrogen and oxygen atoms in total. The van der Waals surface area contributed by atoms with Crippen LogP contribution in [0.2, 0.25) is 5.02 Å². The minimum Gasteiger partial charge on any atom is -0.461 e. The third-order valence-corrected chi connectivity index (χ3v) is 8.71. The fraction of sp³-hybridized carbons (Fsp3) is 0.613. The number of amides is 3. The Balaban J connectivity index is 1.65. The number of nitrogens with zero attached hydrogens (tertiary/aromatic N) is 1. The van der Waals surface area contributed by atoms with Gasteiger partial charge in [0.15, 0.2) is 0 Å². The first-order chi connectivity index (χ1) is 20.8. The average molecular weight is 641 g/mol. The molecular weight excluding hydrogens is 601 g/mol. The van der Waals surface area contributed by atoms with Crippen molar-refractivity contribution in [2.75, 3.05) is 18.5 Å². The quantitative estimate of drug-likeness (QED) is 0.227. The molecule has 6 atom stereocenters. The zero-order chi connectivity index (χ0) is 32.2. The number of benzene rings is 1. The van der Waals surface area contributed by atoms with Crippen molar-refractivity contribution in [3.05, 3.63) is 41.2 Å². The van der Waals surface area contributed by atoms with Crippen molar-refractivity contribution in [1.82, 2.24) is 15.5 Å². The highest BCUT2D eigenvalue weighted by Crippen LogP contribution is 2.49. The lowest BCUT2D eigenvalue weighted by Gasteiger charge is -2.54. The van der Waals surface area contributed by atoms with Crippen LogP contribution >= 0.6 is 11.6 Å². The number of carbonyl (C=O) groups excluding carboxylic acids is 4.